The Morgan fingerprint density at radius 3 is 1.65 bits per heavy atom. The minimum Gasteiger partial charge on any atom is -0.299 e. The van der Waals surface area contributed by atoms with Crippen LogP contribution in [0.2, 0.25) is 0 Å². The molecule has 0 saturated heterocycles. The highest BCUT2D eigenvalue weighted by Gasteiger charge is 2.11. The zero-order valence-corrected chi connectivity index (χ0v) is 11.7. The van der Waals surface area contributed by atoms with Crippen LogP contribution in [0, 0.1) is 5.92 Å². The van der Waals surface area contributed by atoms with E-state index >= 15 is 0 Å². The van der Waals surface area contributed by atoms with Crippen molar-refractivity contribution in [1.82, 2.24) is 0 Å². The van der Waals surface area contributed by atoms with E-state index in [0.29, 0.717) is 11.7 Å². The van der Waals surface area contributed by atoms with Crippen molar-refractivity contribution >= 4 is 5.78 Å². The first-order chi connectivity index (χ1) is 8.30. The van der Waals surface area contributed by atoms with Gasteiger partial charge in [0, 0.05) is 12.3 Å². The SMILES string of the molecule is C[C@H]1CCCCCCCCCCCCCC1=O. The van der Waals surface area contributed by atoms with Crippen LogP contribution < -0.4 is 0 Å². The molecule has 0 N–H and O–H groups in total. The van der Waals surface area contributed by atoms with Gasteiger partial charge in [0.1, 0.15) is 5.78 Å². The van der Waals surface area contributed by atoms with Crippen molar-refractivity contribution in [3.05, 3.63) is 0 Å². The highest BCUT2D eigenvalue weighted by atomic mass is 16.1. The molecule has 0 spiro atoms. The number of ketones is 1. The summed E-state index contributed by atoms with van der Waals surface area (Å²) in [5.74, 6) is 0.833. The van der Waals surface area contributed by atoms with E-state index in [4.69, 9.17) is 0 Å². The number of rotatable bonds is 0. The molecule has 1 rings (SSSR count). The van der Waals surface area contributed by atoms with E-state index < -0.39 is 0 Å². The quantitative estimate of drug-likeness (QED) is 0.561. The molecule has 0 unspecified atom stereocenters. The van der Waals surface area contributed by atoms with Gasteiger partial charge in [0.25, 0.3) is 0 Å². The van der Waals surface area contributed by atoms with E-state index in [1.165, 1.54) is 64.2 Å². The fourth-order valence-corrected chi connectivity index (χ4v) is 2.75. The van der Waals surface area contributed by atoms with E-state index in [9.17, 15) is 4.79 Å². The number of hydrogen-bond acceptors (Lipinski definition) is 1. The van der Waals surface area contributed by atoms with E-state index in [1.807, 2.05) is 0 Å². The van der Waals surface area contributed by atoms with Crippen molar-refractivity contribution in [2.75, 3.05) is 0 Å². The zero-order valence-electron chi connectivity index (χ0n) is 11.7. The Bertz CT molecular complexity index is 198. The lowest BCUT2D eigenvalue weighted by Gasteiger charge is -2.09. The first kappa shape index (κ1) is 14.7. The van der Waals surface area contributed by atoms with Crippen LogP contribution in [0.5, 0.6) is 0 Å². The topological polar surface area (TPSA) is 17.1 Å². The number of hydrogen-bond donors (Lipinski definition) is 0. The molecule has 0 aromatic carbocycles. The average Bonchev–Trinajstić information content (AvgIpc) is 2.34. The molecular weight excluding hydrogens is 208 g/mol. The second-order valence-electron chi connectivity index (χ2n) is 5.80. The van der Waals surface area contributed by atoms with Crippen LogP contribution in [0.1, 0.15) is 90.4 Å². The van der Waals surface area contributed by atoms with Crippen LogP contribution in [0.3, 0.4) is 0 Å². The number of Topliss-reactive ketones (excluding diaryl/α,β-unsaturated/α-hetero) is 1. The van der Waals surface area contributed by atoms with Crippen molar-refractivity contribution in [2.24, 2.45) is 5.92 Å². The molecule has 0 aromatic heterocycles. The second-order valence-corrected chi connectivity index (χ2v) is 5.80. The molecule has 1 aliphatic rings. The first-order valence-corrected chi connectivity index (χ1v) is 7.83. The highest BCUT2D eigenvalue weighted by molar-refractivity contribution is 5.80. The Balaban J connectivity index is 2.24. The molecule has 1 fully saturated rings. The van der Waals surface area contributed by atoms with E-state index in [-0.39, 0.29) is 0 Å². The predicted octanol–water partition coefficient (Wildman–Crippen LogP) is 5.28. The Hall–Kier alpha value is -0.330. The summed E-state index contributed by atoms with van der Waals surface area (Å²) in [7, 11) is 0. The molecule has 0 bridgehead atoms. The minimum absolute atomic E-state index is 0.320. The van der Waals surface area contributed by atoms with Crippen molar-refractivity contribution in [1.29, 1.82) is 0 Å². The molecule has 1 aliphatic carbocycles. The fraction of sp³-hybridized carbons (Fsp3) is 0.938. The van der Waals surface area contributed by atoms with Crippen LogP contribution in [0.15, 0.2) is 0 Å². The fourth-order valence-electron chi connectivity index (χ4n) is 2.75. The summed E-state index contributed by atoms with van der Waals surface area (Å²) >= 11 is 0. The van der Waals surface area contributed by atoms with E-state index in [1.54, 1.807) is 0 Å². The third-order valence-corrected chi connectivity index (χ3v) is 4.11. The summed E-state index contributed by atoms with van der Waals surface area (Å²) in [5.41, 5.74) is 0. The highest BCUT2D eigenvalue weighted by Crippen LogP contribution is 2.18. The number of carbonyl (C=O) groups excluding carboxylic acids is 1. The van der Waals surface area contributed by atoms with Crippen molar-refractivity contribution in [2.45, 2.75) is 90.4 Å². The van der Waals surface area contributed by atoms with Gasteiger partial charge in [-0.1, -0.05) is 71.1 Å². The largest absolute Gasteiger partial charge is 0.299 e. The lowest BCUT2D eigenvalue weighted by molar-refractivity contribution is -0.122. The number of carbonyl (C=O) groups is 1. The second kappa shape index (κ2) is 9.67. The van der Waals surface area contributed by atoms with Gasteiger partial charge in [0.05, 0.1) is 0 Å². The third kappa shape index (κ3) is 7.57. The van der Waals surface area contributed by atoms with Gasteiger partial charge in [-0.2, -0.15) is 0 Å². The maximum Gasteiger partial charge on any atom is 0.135 e. The molecule has 1 saturated carbocycles. The van der Waals surface area contributed by atoms with E-state index in [0.717, 1.165) is 19.3 Å². The Morgan fingerprint density at radius 1 is 0.706 bits per heavy atom. The molecule has 100 valence electrons. The molecule has 1 heteroatoms. The lowest BCUT2D eigenvalue weighted by Crippen LogP contribution is -2.10. The van der Waals surface area contributed by atoms with Gasteiger partial charge in [0.15, 0.2) is 0 Å². The summed E-state index contributed by atoms with van der Waals surface area (Å²) in [5, 5.41) is 0. The normalized spacial score (nSPS) is 27.1. The van der Waals surface area contributed by atoms with Crippen LogP contribution in [-0.4, -0.2) is 5.78 Å². The molecule has 1 atom stereocenters. The van der Waals surface area contributed by atoms with Gasteiger partial charge in [-0.15, -0.1) is 0 Å². The van der Waals surface area contributed by atoms with Gasteiger partial charge < -0.3 is 0 Å². The maximum atomic E-state index is 11.9. The molecule has 0 amide bonds. The van der Waals surface area contributed by atoms with Crippen LogP contribution >= 0.6 is 0 Å². The third-order valence-electron chi connectivity index (χ3n) is 4.11. The summed E-state index contributed by atoms with van der Waals surface area (Å²) < 4.78 is 0. The first-order valence-electron chi connectivity index (χ1n) is 7.83. The standard InChI is InChI=1S/C16H30O/c1-15-13-11-9-7-5-3-2-4-6-8-10-12-14-16(15)17/h15H,2-14H2,1H3/t15-/m0/s1. The van der Waals surface area contributed by atoms with Gasteiger partial charge in [-0.05, 0) is 12.8 Å². The zero-order chi connectivity index (χ0) is 12.3. The van der Waals surface area contributed by atoms with Crippen LogP contribution in [0.4, 0.5) is 0 Å². The Kier molecular flexibility index (Phi) is 8.38. The Labute approximate surface area is 107 Å². The van der Waals surface area contributed by atoms with Crippen LogP contribution in [0.25, 0.3) is 0 Å². The average molecular weight is 238 g/mol. The molecule has 0 aromatic rings. The lowest BCUT2D eigenvalue weighted by atomic mass is 9.95. The van der Waals surface area contributed by atoms with Crippen molar-refractivity contribution in [3.8, 4) is 0 Å². The molecule has 0 aliphatic heterocycles. The van der Waals surface area contributed by atoms with Crippen molar-refractivity contribution < 1.29 is 4.79 Å². The summed E-state index contributed by atoms with van der Waals surface area (Å²) in [6.07, 6.45) is 16.7. The monoisotopic (exact) mass is 238 g/mol. The molecule has 0 heterocycles. The molecule has 17 heavy (non-hydrogen) atoms. The molecule has 0 radical (unpaired) electrons. The van der Waals surface area contributed by atoms with E-state index in [2.05, 4.69) is 6.92 Å². The van der Waals surface area contributed by atoms with Gasteiger partial charge in [-0.25, -0.2) is 0 Å². The summed E-state index contributed by atoms with van der Waals surface area (Å²) in [6.45, 7) is 2.13. The summed E-state index contributed by atoms with van der Waals surface area (Å²) in [6, 6.07) is 0. The Morgan fingerprint density at radius 2 is 1.12 bits per heavy atom. The van der Waals surface area contributed by atoms with Gasteiger partial charge in [-0.3, -0.25) is 4.79 Å². The van der Waals surface area contributed by atoms with Gasteiger partial charge >= 0.3 is 0 Å². The summed E-state index contributed by atoms with van der Waals surface area (Å²) in [4.78, 5) is 11.9. The minimum atomic E-state index is 0.320. The van der Waals surface area contributed by atoms with Crippen LogP contribution in [-0.2, 0) is 4.79 Å². The molecular formula is C16H30O. The molecule has 1 nitrogen and oxygen atoms in total. The van der Waals surface area contributed by atoms with Crippen molar-refractivity contribution in [3.63, 3.8) is 0 Å². The van der Waals surface area contributed by atoms with Gasteiger partial charge in [0.2, 0.25) is 0 Å². The predicted molar refractivity (Wildman–Crippen MR) is 74.2 cm³/mol. The maximum absolute atomic E-state index is 11.9. The smallest absolute Gasteiger partial charge is 0.135 e.